The fraction of sp³-hybridized carbons (Fsp3) is 0.294. The number of benzene rings is 2. The summed E-state index contributed by atoms with van der Waals surface area (Å²) in [4.78, 5) is 0. The van der Waals surface area contributed by atoms with E-state index in [1.165, 1.54) is 18.6 Å². The molecule has 0 spiro atoms. The normalized spacial score (nSPS) is 10.7. The van der Waals surface area contributed by atoms with Crippen molar-refractivity contribution < 1.29 is 18.3 Å². The van der Waals surface area contributed by atoms with Crippen LogP contribution in [-0.4, -0.2) is 5.11 Å². The second-order valence-electron chi connectivity index (χ2n) is 4.86. The van der Waals surface area contributed by atoms with E-state index in [1.54, 1.807) is 6.07 Å². The van der Waals surface area contributed by atoms with Crippen LogP contribution in [-0.2, 0) is 12.6 Å². The number of anilines is 1. The fourth-order valence-corrected chi connectivity index (χ4v) is 1.80. The molecule has 22 heavy (non-hydrogen) atoms. The molecule has 0 aliphatic rings. The summed E-state index contributed by atoms with van der Waals surface area (Å²) in [6, 6.07) is 12.1. The second kappa shape index (κ2) is 8.32. The minimum absolute atomic E-state index is 0.125. The molecule has 0 atom stereocenters. The predicted octanol–water partition coefficient (Wildman–Crippen LogP) is 5.02. The van der Waals surface area contributed by atoms with Crippen LogP contribution in [0.3, 0.4) is 0 Å². The number of alkyl halides is 3. The minimum Gasteiger partial charge on any atom is -0.508 e. The average molecular weight is 311 g/mol. The Morgan fingerprint density at radius 2 is 1.73 bits per heavy atom. The van der Waals surface area contributed by atoms with Crippen molar-refractivity contribution in [3.05, 3.63) is 59.7 Å². The van der Waals surface area contributed by atoms with Gasteiger partial charge in [0.15, 0.2) is 0 Å². The summed E-state index contributed by atoms with van der Waals surface area (Å²) >= 11 is 0. The zero-order chi connectivity index (χ0) is 16.6. The molecule has 2 aromatic rings. The molecule has 0 bridgehead atoms. The molecule has 2 aromatic carbocycles. The van der Waals surface area contributed by atoms with E-state index in [2.05, 4.69) is 6.92 Å². The Bertz CT molecular complexity index is 582. The van der Waals surface area contributed by atoms with E-state index in [-0.39, 0.29) is 5.69 Å². The largest absolute Gasteiger partial charge is 0.508 e. The van der Waals surface area contributed by atoms with Crippen molar-refractivity contribution >= 4 is 5.69 Å². The van der Waals surface area contributed by atoms with Gasteiger partial charge in [-0.1, -0.05) is 37.6 Å². The van der Waals surface area contributed by atoms with Gasteiger partial charge in [0, 0.05) is 5.69 Å². The van der Waals surface area contributed by atoms with Crippen LogP contribution < -0.4 is 5.73 Å². The quantitative estimate of drug-likeness (QED) is 0.782. The van der Waals surface area contributed by atoms with Crippen LogP contribution in [0.1, 0.15) is 30.9 Å². The first kappa shape index (κ1) is 17.9. The third-order valence-electron chi connectivity index (χ3n) is 3.01. The maximum Gasteiger partial charge on any atom is 0.416 e. The van der Waals surface area contributed by atoms with Gasteiger partial charge in [-0.05, 0) is 42.7 Å². The van der Waals surface area contributed by atoms with Crippen molar-refractivity contribution in [2.24, 2.45) is 0 Å². The van der Waals surface area contributed by atoms with E-state index in [9.17, 15) is 18.3 Å². The van der Waals surface area contributed by atoms with E-state index in [0.717, 1.165) is 30.5 Å². The molecule has 2 nitrogen and oxygen atoms in total. The van der Waals surface area contributed by atoms with Gasteiger partial charge in [0.05, 0.1) is 5.56 Å². The van der Waals surface area contributed by atoms with Crippen LogP contribution in [0.2, 0.25) is 0 Å². The lowest BCUT2D eigenvalue weighted by atomic mass is 10.1. The van der Waals surface area contributed by atoms with Gasteiger partial charge in [0.1, 0.15) is 5.75 Å². The average Bonchev–Trinajstić information content (AvgIpc) is 2.46. The zero-order valence-corrected chi connectivity index (χ0v) is 12.4. The molecule has 120 valence electrons. The Morgan fingerprint density at radius 1 is 1.05 bits per heavy atom. The summed E-state index contributed by atoms with van der Waals surface area (Å²) in [6.07, 6.45) is -0.982. The number of halogens is 3. The van der Waals surface area contributed by atoms with Gasteiger partial charge >= 0.3 is 6.18 Å². The van der Waals surface area contributed by atoms with E-state index in [4.69, 9.17) is 5.73 Å². The first-order valence-corrected chi connectivity index (χ1v) is 7.04. The predicted molar refractivity (Wildman–Crippen MR) is 82.6 cm³/mol. The summed E-state index contributed by atoms with van der Waals surface area (Å²) in [5.41, 5.74) is 5.63. The third-order valence-corrected chi connectivity index (χ3v) is 3.01. The lowest BCUT2D eigenvalue weighted by Gasteiger charge is -2.05. The number of para-hydroxylation sites is 1. The van der Waals surface area contributed by atoms with Gasteiger partial charge in [0.2, 0.25) is 0 Å². The number of aryl methyl sites for hydroxylation is 1. The summed E-state index contributed by atoms with van der Waals surface area (Å²) in [7, 11) is 0. The molecular formula is C17H20F3NO. The van der Waals surface area contributed by atoms with Gasteiger partial charge in [-0.15, -0.1) is 0 Å². The van der Waals surface area contributed by atoms with Crippen LogP contribution >= 0.6 is 0 Å². The topological polar surface area (TPSA) is 46.2 Å². The number of unbranched alkanes of at least 4 members (excludes halogenated alkanes) is 1. The van der Waals surface area contributed by atoms with E-state index < -0.39 is 11.7 Å². The number of phenolic OH excluding ortho intramolecular Hbond substituents is 1. The SMILES string of the molecule is CCCCc1ccccc1O.Nc1cccc(C(F)(F)F)c1. The summed E-state index contributed by atoms with van der Waals surface area (Å²) in [5, 5.41) is 9.34. The van der Waals surface area contributed by atoms with Gasteiger partial charge < -0.3 is 10.8 Å². The van der Waals surface area contributed by atoms with Gasteiger partial charge in [-0.25, -0.2) is 0 Å². The molecule has 0 aliphatic heterocycles. The van der Waals surface area contributed by atoms with Crippen molar-refractivity contribution in [2.45, 2.75) is 32.4 Å². The molecule has 5 heteroatoms. The molecule has 2 rings (SSSR count). The number of aromatic hydroxyl groups is 1. The van der Waals surface area contributed by atoms with Crippen LogP contribution in [0.15, 0.2) is 48.5 Å². The van der Waals surface area contributed by atoms with E-state index in [1.807, 2.05) is 18.2 Å². The first-order valence-electron chi connectivity index (χ1n) is 7.04. The lowest BCUT2D eigenvalue weighted by Crippen LogP contribution is -2.04. The number of hydrogen-bond acceptors (Lipinski definition) is 2. The molecule has 0 aliphatic carbocycles. The summed E-state index contributed by atoms with van der Waals surface area (Å²) in [6.45, 7) is 2.15. The number of hydrogen-bond donors (Lipinski definition) is 2. The highest BCUT2D eigenvalue weighted by Crippen LogP contribution is 2.29. The maximum atomic E-state index is 11.9. The van der Waals surface area contributed by atoms with Crippen molar-refractivity contribution in [3.63, 3.8) is 0 Å². The van der Waals surface area contributed by atoms with Gasteiger partial charge in [-0.3, -0.25) is 0 Å². The van der Waals surface area contributed by atoms with E-state index >= 15 is 0 Å². The zero-order valence-electron chi connectivity index (χ0n) is 12.4. The lowest BCUT2D eigenvalue weighted by molar-refractivity contribution is -0.137. The Morgan fingerprint density at radius 3 is 2.23 bits per heavy atom. The van der Waals surface area contributed by atoms with Crippen molar-refractivity contribution in [2.75, 3.05) is 5.73 Å². The number of rotatable bonds is 3. The number of phenols is 1. The molecular weight excluding hydrogens is 291 g/mol. The molecule has 0 radical (unpaired) electrons. The molecule has 0 saturated carbocycles. The molecule has 0 fully saturated rings. The Kier molecular flexibility index (Phi) is 6.76. The van der Waals surface area contributed by atoms with Crippen molar-refractivity contribution in [1.82, 2.24) is 0 Å². The van der Waals surface area contributed by atoms with E-state index in [0.29, 0.717) is 5.75 Å². The summed E-state index contributed by atoms with van der Waals surface area (Å²) in [5.74, 6) is 0.431. The highest BCUT2D eigenvalue weighted by Gasteiger charge is 2.30. The van der Waals surface area contributed by atoms with Gasteiger partial charge in [-0.2, -0.15) is 13.2 Å². The van der Waals surface area contributed by atoms with Crippen LogP contribution in [0.4, 0.5) is 18.9 Å². The summed E-state index contributed by atoms with van der Waals surface area (Å²) < 4.78 is 35.7. The Labute approximate surface area is 128 Å². The fourth-order valence-electron chi connectivity index (χ4n) is 1.80. The molecule has 0 heterocycles. The minimum atomic E-state index is -4.30. The third kappa shape index (κ3) is 6.08. The number of nitrogen functional groups attached to an aromatic ring is 1. The monoisotopic (exact) mass is 311 g/mol. The second-order valence-corrected chi connectivity index (χ2v) is 4.86. The Balaban J connectivity index is 0.000000220. The van der Waals surface area contributed by atoms with Crippen molar-refractivity contribution in [1.29, 1.82) is 0 Å². The van der Waals surface area contributed by atoms with Crippen LogP contribution in [0.5, 0.6) is 5.75 Å². The van der Waals surface area contributed by atoms with Gasteiger partial charge in [0.25, 0.3) is 0 Å². The highest BCUT2D eigenvalue weighted by atomic mass is 19.4. The smallest absolute Gasteiger partial charge is 0.416 e. The first-order chi connectivity index (χ1) is 10.3. The van der Waals surface area contributed by atoms with Crippen LogP contribution in [0, 0.1) is 0 Å². The van der Waals surface area contributed by atoms with Crippen molar-refractivity contribution in [3.8, 4) is 5.75 Å². The molecule has 0 aromatic heterocycles. The highest BCUT2D eigenvalue weighted by molar-refractivity contribution is 5.41. The standard InChI is InChI=1S/C10H14O.C7H6F3N/c1-2-3-6-9-7-4-5-8-10(9)11;8-7(9,10)5-2-1-3-6(11)4-5/h4-5,7-8,11H,2-3,6H2,1H3;1-4H,11H2. The maximum absolute atomic E-state index is 11.9. The molecule has 0 amide bonds. The molecule has 0 unspecified atom stereocenters. The number of nitrogens with two attached hydrogens (primary N) is 1. The van der Waals surface area contributed by atoms with Crippen LogP contribution in [0.25, 0.3) is 0 Å². The Hall–Kier alpha value is -2.17. The molecule has 0 saturated heterocycles. The molecule has 3 N–H and O–H groups in total.